The Morgan fingerprint density at radius 3 is 2.42 bits per heavy atom. The van der Waals surface area contributed by atoms with Crippen LogP contribution < -0.4 is 14.2 Å². The zero-order valence-corrected chi connectivity index (χ0v) is 22.1. The first-order valence-electron chi connectivity index (χ1n) is 11.2. The Bertz CT molecular complexity index is 1270. The van der Waals surface area contributed by atoms with Crippen molar-refractivity contribution in [2.75, 3.05) is 25.5 Å². The highest BCUT2D eigenvalue weighted by Gasteiger charge is 2.27. The van der Waals surface area contributed by atoms with Crippen LogP contribution in [0.5, 0.6) is 11.5 Å². The third kappa shape index (κ3) is 5.40. The van der Waals surface area contributed by atoms with Gasteiger partial charge in [0.25, 0.3) is 0 Å². The van der Waals surface area contributed by atoms with E-state index in [1.54, 1.807) is 26.6 Å². The van der Waals surface area contributed by atoms with Gasteiger partial charge in [-0.05, 0) is 50.9 Å². The number of nitrogens with zero attached hydrogens (tertiary/aromatic N) is 6. The minimum absolute atomic E-state index is 0.103. The predicted molar refractivity (Wildman–Crippen MR) is 139 cm³/mol. The molecule has 190 valence electrons. The molecule has 2 N–H and O–H groups in total. The number of aromatic amines is 1. The fraction of sp³-hybridized carbons (Fsp3) is 0.348. The van der Waals surface area contributed by atoms with E-state index in [1.165, 1.54) is 11.9 Å². The number of rotatable bonds is 11. The van der Waals surface area contributed by atoms with E-state index in [-0.39, 0.29) is 11.4 Å². The Hall–Kier alpha value is -3.35. The van der Waals surface area contributed by atoms with Crippen molar-refractivity contribution in [2.24, 2.45) is 0 Å². The van der Waals surface area contributed by atoms with Gasteiger partial charge in [-0.2, -0.15) is 5.10 Å². The monoisotopic (exact) mass is 530 g/mol. The smallest absolute Gasteiger partial charge is 0.239 e. The molecule has 4 aromatic rings. The van der Waals surface area contributed by atoms with E-state index in [2.05, 4.69) is 35.1 Å². The molecule has 3 heterocycles. The van der Waals surface area contributed by atoms with Crippen molar-refractivity contribution in [3.63, 3.8) is 0 Å². The van der Waals surface area contributed by atoms with Gasteiger partial charge < -0.3 is 14.2 Å². The zero-order valence-electron chi connectivity index (χ0n) is 20.5. The highest BCUT2D eigenvalue weighted by atomic mass is 35.5. The summed E-state index contributed by atoms with van der Waals surface area (Å²) >= 11 is 7.37. The van der Waals surface area contributed by atoms with Crippen LogP contribution in [0.15, 0.2) is 36.7 Å². The number of halogens is 1. The summed E-state index contributed by atoms with van der Waals surface area (Å²) in [6.45, 7) is 6.34. The largest absolute Gasteiger partial charge is 0.494 e. The van der Waals surface area contributed by atoms with Crippen molar-refractivity contribution in [2.45, 2.75) is 32.1 Å². The van der Waals surface area contributed by atoms with Gasteiger partial charge in [0, 0.05) is 19.0 Å². The summed E-state index contributed by atoms with van der Waals surface area (Å²) < 4.78 is 22.4. The molecule has 11 nitrogen and oxygen atoms in total. The molecular formula is C23H27ClN8O3S. The van der Waals surface area contributed by atoms with Crippen molar-refractivity contribution >= 4 is 29.5 Å². The number of anilines is 1. The molecule has 36 heavy (non-hydrogen) atoms. The summed E-state index contributed by atoms with van der Waals surface area (Å²) in [5, 5.41) is 16.5. The van der Waals surface area contributed by atoms with Gasteiger partial charge >= 0.3 is 0 Å². The molecule has 0 amide bonds. The molecule has 2 atom stereocenters. The third-order valence-electron chi connectivity index (χ3n) is 5.24. The second kappa shape index (κ2) is 11.6. The van der Waals surface area contributed by atoms with E-state index in [0.717, 1.165) is 5.69 Å². The minimum Gasteiger partial charge on any atom is -0.494 e. The van der Waals surface area contributed by atoms with Crippen LogP contribution in [0, 0.1) is 6.92 Å². The molecule has 4 rings (SSSR count). The lowest BCUT2D eigenvalue weighted by Crippen LogP contribution is -2.20. The molecular weight excluding hydrogens is 504 g/mol. The van der Waals surface area contributed by atoms with E-state index in [0.29, 0.717) is 52.1 Å². The maximum atomic E-state index is 5.96. The highest BCUT2D eigenvalue weighted by molar-refractivity contribution is 8.01. The number of H-pyrrole nitrogens is 1. The van der Waals surface area contributed by atoms with E-state index >= 15 is 0 Å². The number of hydrogen-bond donors (Lipinski definition) is 2. The molecule has 0 aliphatic heterocycles. The van der Waals surface area contributed by atoms with Crippen molar-refractivity contribution in [1.82, 2.24) is 34.9 Å². The maximum absolute atomic E-state index is 5.96. The number of benzene rings is 1. The van der Waals surface area contributed by atoms with Gasteiger partial charge in [-0.3, -0.25) is 14.4 Å². The highest BCUT2D eigenvalue weighted by Crippen LogP contribution is 2.38. The first-order chi connectivity index (χ1) is 17.5. The maximum Gasteiger partial charge on any atom is 0.239 e. The molecule has 0 bridgehead atoms. The second-order valence-corrected chi connectivity index (χ2v) is 9.30. The number of aromatic nitrogens is 7. The second-order valence-electron chi connectivity index (χ2n) is 7.68. The lowest BCUT2D eigenvalue weighted by atomic mass is 10.2. The topological polar surface area (TPSA) is 125 Å². The van der Waals surface area contributed by atoms with Crippen LogP contribution >= 0.6 is 23.5 Å². The fourth-order valence-corrected chi connectivity index (χ4v) is 4.45. The first kappa shape index (κ1) is 25.7. The van der Waals surface area contributed by atoms with Gasteiger partial charge in [-0.15, -0.1) is 10.2 Å². The van der Waals surface area contributed by atoms with Gasteiger partial charge in [0.1, 0.15) is 29.0 Å². The molecule has 0 radical (unpaired) electrons. The standard InChI is InChI=1S/C23H27ClN8O3S/c1-6-35-20(21-25-11-15(24)12-26-21)14(3)36-31-23-30-29-22(16-10-13(2)27-28-16)32(23)19-17(33-4)8-7-9-18(19)34-5/h7-12,14,20H,6H2,1-5H3,(H,27,28)(H,30,31). The van der Waals surface area contributed by atoms with Crippen molar-refractivity contribution in [1.29, 1.82) is 0 Å². The van der Waals surface area contributed by atoms with E-state index < -0.39 is 0 Å². The fourth-order valence-electron chi connectivity index (χ4n) is 3.60. The van der Waals surface area contributed by atoms with Crippen molar-refractivity contribution in [3.8, 4) is 28.7 Å². The Morgan fingerprint density at radius 2 is 1.83 bits per heavy atom. The van der Waals surface area contributed by atoms with Crippen molar-refractivity contribution < 1.29 is 14.2 Å². The number of methoxy groups -OCH3 is 2. The van der Waals surface area contributed by atoms with E-state index in [4.69, 9.17) is 25.8 Å². The van der Waals surface area contributed by atoms with E-state index in [1.807, 2.05) is 49.6 Å². The number of hydrogen-bond acceptors (Lipinski definition) is 10. The Labute approximate surface area is 218 Å². The SMILES string of the molecule is CCOC(c1ncc(Cl)cn1)C(C)SNc1nnc(-c2cc(C)n[nH]2)n1-c1c(OC)cccc1OC. The van der Waals surface area contributed by atoms with Crippen molar-refractivity contribution in [3.05, 3.63) is 53.2 Å². The Kier molecular flexibility index (Phi) is 8.28. The predicted octanol–water partition coefficient (Wildman–Crippen LogP) is 4.65. The lowest BCUT2D eigenvalue weighted by Gasteiger charge is -2.23. The molecule has 0 spiro atoms. The summed E-state index contributed by atoms with van der Waals surface area (Å²) in [4.78, 5) is 8.69. The molecule has 0 aliphatic carbocycles. The van der Waals surface area contributed by atoms with Gasteiger partial charge in [0.15, 0.2) is 11.6 Å². The van der Waals surface area contributed by atoms with Gasteiger partial charge in [-0.25, -0.2) is 9.97 Å². The van der Waals surface area contributed by atoms with Gasteiger partial charge in [0.2, 0.25) is 5.95 Å². The minimum atomic E-state index is -0.378. The molecule has 0 saturated carbocycles. The van der Waals surface area contributed by atoms with Crippen LogP contribution in [0.4, 0.5) is 5.95 Å². The molecule has 3 aromatic heterocycles. The van der Waals surface area contributed by atoms with Gasteiger partial charge in [0.05, 0.1) is 30.2 Å². The molecule has 0 saturated heterocycles. The Morgan fingerprint density at radius 1 is 1.14 bits per heavy atom. The summed E-state index contributed by atoms with van der Waals surface area (Å²) in [6, 6.07) is 7.45. The van der Waals surface area contributed by atoms with Crippen LogP contribution in [-0.4, -0.2) is 61.0 Å². The number of ether oxygens (including phenoxy) is 3. The Balaban J connectivity index is 1.71. The average Bonchev–Trinajstić information content (AvgIpc) is 3.51. The first-order valence-corrected chi connectivity index (χ1v) is 12.4. The van der Waals surface area contributed by atoms with Crippen LogP contribution in [0.1, 0.15) is 31.5 Å². The van der Waals surface area contributed by atoms with Crippen LogP contribution in [0.25, 0.3) is 17.2 Å². The molecule has 0 fully saturated rings. The van der Waals surface area contributed by atoms with Crippen LogP contribution in [0.2, 0.25) is 5.02 Å². The average molecular weight is 531 g/mol. The molecule has 0 aliphatic rings. The summed E-state index contributed by atoms with van der Waals surface area (Å²) in [5.74, 6) is 2.73. The number of nitrogens with one attached hydrogen (secondary N) is 2. The van der Waals surface area contributed by atoms with Gasteiger partial charge in [-0.1, -0.05) is 17.7 Å². The third-order valence-corrected chi connectivity index (χ3v) is 6.35. The summed E-state index contributed by atoms with van der Waals surface area (Å²) in [6.07, 6.45) is 2.74. The van der Waals surface area contributed by atoms with E-state index in [9.17, 15) is 0 Å². The molecule has 2 unspecified atom stereocenters. The molecule has 13 heteroatoms. The van der Waals surface area contributed by atoms with Crippen LogP contribution in [-0.2, 0) is 4.74 Å². The van der Waals surface area contributed by atoms with Crippen LogP contribution in [0.3, 0.4) is 0 Å². The zero-order chi connectivity index (χ0) is 25.7. The summed E-state index contributed by atoms with van der Waals surface area (Å²) in [5.41, 5.74) is 2.17. The summed E-state index contributed by atoms with van der Waals surface area (Å²) in [7, 11) is 3.21. The number of para-hydroxylation sites is 1. The quantitative estimate of drug-likeness (QED) is 0.264. The molecule has 1 aromatic carbocycles. The number of aryl methyl sites for hydroxylation is 1. The normalized spacial score (nSPS) is 12.8. The lowest BCUT2D eigenvalue weighted by molar-refractivity contribution is 0.0576.